The number of carbonyl (C=O) groups is 1. The Bertz CT molecular complexity index is 2190. The number of methoxy groups -OCH3 is 2. The highest BCUT2D eigenvalue weighted by molar-refractivity contribution is 7.91. The molecule has 0 radical (unpaired) electrons. The number of aromatic nitrogens is 3. The zero-order chi connectivity index (χ0) is 55.2. The van der Waals surface area contributed by atoms with Gasteiger partial charge >= 0.3 is 5.97 Å². The van der Waals surface area contributed by atoms with Gasteiger partial charge in [0.1, 0.15) is 48.8 Å². The number of sulfone groups is 1. The predicted molar refractivity (Wildman–Crippen MR) is 271 cm³/mol. The maximum Gasteiger partial charge on any atom is 0.311 e. The Morgan fingerprint density at radius 3 is 2.22 bits per heavy atom. The molecule has 424 valence electrons. The largest absolute Gasteiger partial charge is 0.459 e. The van der Waals surface area contributed by atoms with Gasteiger partial charge in [0.15, 0.2) is 22.4 Å². The summed E-state index contributed by atoms with van der Waals surface area (Å²) in [6.07, 6.45) is -8.47. The van der Waals surface area contributed by atoms with E-state index in [4.69, 9.17) is 33.2 Å². The quantitative estimate of drug-likeness (QED) is 0.142. The minimum atomic E-state index is -3.43. The van der Waals surface area contributed by atoms with E-state index in [1.54, 1.807) is 66.8 Å². The predicted octanol–water partition coefficient (Wildman–Crippen LogP) is 3.55. The highest BCUT2D eigenvalue weighted by atomic mass is 32.2. The monoisotopic (exact) mass is 1070 g/mol. The summed E-state index contributed by atoms with van der Waals surface area (Å²) in [5, 5.41) is 68.0. The van der Waals surface area contributed by atoms with Gasteiger partial charge in [0, 0.05) is 64.9 Å². The van der Waals surface area contributed by atoms with Gasteiger partial charge < -0.3 is 68.5 Å². The summed E-state index contributed by atoms with van der Waals surface area (Å²) >= 11 is 0. The Balaban J connectivity index is 1.41. The molecule has 5 N–H and O–H groups in total. The third kappa shape index (κ3) is 14.5. The molecule has 1 aromatic heterocycles. The first-order valence-corrected chi connectivity index (χ1v) is 27.8. The Kier molecular flexibility index (Phi) is 21.6. The number of carbonyl (C=O) groups excluding carboxylic acids is 1. The standard InChI is InChI=1S/C52H88FN5O15S/c1-15-41-52(10,64)46(60)33(6)57(12)28-30(3)25-50(8,63)42(24-40(32(5)48(62)72-41)71-43-26-51(9,68-14)47(61)34(7)70-43)73-49-44(59)38(23-31(4)69-49)56(11)22-21-36-29-58(55-54-36)39(27-53)45(67-13)35-17-19-37(20-18-35)74(65,66)16-2/h17-20,29-34,38-47,49,59-61,63-64H,15-16,21-28H2,1-14H3/t30-,31-,32-,33-,34+,38+,39-,40+,41-,42-,43+,44-,45-,46-,47+,49+,50-,51-,52-/m1/s1. The number of nitrogens with zero attached hydrogens (tertiary/aromatic N) is 5. The van der Waals surface area contributed by atoms with Gasteiger partial charge in [-0.15, -0.1) is 5.10 Å². The van der Waals surface area contributed by atoms with Gasteiger partial charge in [0.2, 0.25) is 0 Å². The summed E-state index contributed by atoms with van der Waals surface area (Å²) < 4.78 is 84.6. The number of likely N-dealkylation sites (N-methyl/N-ethyl adjacent to an activating group) is 2. The average molecular weight is 1070 g/mol. The fourth-order valence-corrected chi connectivity index (χ4v) is 11.8. The molecule has 3 fully saturated rings. The minimum absolute atomic E-state index is 0.0521. The highest BCUT2D eigenvalue weighted by Crippen LogP contribution is 2.39. The van der Waals surface area contributed by atoms with Gasteiger partial charge in [0.05, 0.1) is 57.9 Å². The van der Waals surface area contributed by atoms with Crippen molar-refractivity contribution in [1.82, 2.24) is 24.8 Å². The smallest absolute Gasteiger partial charge is 0.311 e. The number of cyclic esters (lactones) is 1. The van der Waals surface area contributed by atoms with E-state index in [1.165, 1.54) is 38.0 Å². The van der Waals surface area contributed by atoms with Crippen molar-refractivity contribution in [3.63, 3.8) is 0 Å². The van der Waals surface area contributed by atoms with E-state index >= 15 is 0 Å². The number of aliphatic hydroxyl groups excluding tert-OH is 3. The Morgan fingerprint density at radius 2 is 1.62 bits per heavy atom. The lowest BCUT2D eigenvalue weighted by Gasteiger charge is -2.47. The molecule has 4 heterocycles. The lowest BCUT2D eigenvalue weighted by atomic mass is 9.83. The minimum Gasteiger partial charge on any atom is -0.459 e. The Labute approximate surface area is 438 Å². The van der Waals surface area contributed by atoms with Crippen LogP contribution in [0.25, 0.3) is 0 Å². The van der Waals surface area contributed by atoms with Crippen LogP contribution in [-0.4, -0.2) is 209 Å². The van der Waals surface area contributed by atoms with Gasteiger partial charge in [-0.25, -0.2) is 17.5 Å². The van der Waals surface area contributed by atoms with Crippen molar-refractivity contribution in [2.24, 2.45) is 11.8 Å². The summed E-state index contributed by atoms with van der Waals surface area (Å²) in [6, 6.07) is 4.16. The molecule has 0 spiro atoms. The van der Waals surface area contributed by atoms with E-state index in [9.17, 15) is 43.1 Å². The molecule has 2 aromatic rings. The molecule has 0 bridgehead atoms. The molecule has 0 aliphatic carbocycles. The topological polar surface area (TPSA) is 254 Å². The van der Waals surface area contributed by atoms with E-state index in [0.717, 1.165) is 0 Å². The molecule has 1 aromatic carbocycles. The maximum absolute atomic E-state index is 14.8. The van der Waals surface area contributed by atoms with E-state index in [1.807, 2.05) is 37.7 Å². The van der Waals surface area contributed by atoms with Crippen molar-refractivity contribution in [3.05, 3.63) is 41.7 Å². The van der Waals surface area contributed by atoms with Crippen molar-refractivity contribution in [3.8, 4) is 0 Å². The average Bonchev–Trinajstić information content (AvgIpc) is 3.83. The number of halogens is 1. The van der Waals surface area contributed by atoms with Crippen LogP contribution in [0.3, 0.4) is 0 Å². The van der Waals surface area contributed by atoms with E-state index in [0.29, 0.717) is 37.2 Å². The number of aliphatic hydroxyl groups is 5. The Morgan fingerprint density at radius 1 is 0.959 bits per heavy atom. The van der Waals surface area contributed by atoms with Crippen LogP contribution in [0.1, 0.15) is 125 Å². The molecular weight excluding hydrogens is 986 g/mol. The summed E-state index contributed by atoms with van der Waals surface area (Å²) in [6.45, 7) is 17.0. The molecule has 19 atom stereocenters. The number of hydrogen-bond acceptors (Lipinski definition) is 19. The van der Waals surface area contributed by atoms with Gasteiger partial charge in [-0.1, -0.05) is 38.1 Å². The number of esters is 1. The van der Waals surface area contributed by atoms with Crippen molar-refractivity contribution >= 4 is 15.8 Å². The molecule has 74 heavy (non-hydrogen) atoms. The zero-order valence-electron chi connectivity index (χ0n) is 46.0. The van der Waals surface area contributed by atoms with Crippen LogP contribution in [0.5, 0.6) is 0 Å². The molecule has 0 unspecified atom stereocenters. The Hall–Kier alpha value is -2.81. The molecular formula is C52H88FN5O15S. The van der Waals surface area contributed by atoms with Crippen LogP contribution in [0.15, 0.2) is 35.4 Å². The van der Waals surface area contributed by atoms with E-state index < -0.39 is 131 Å². The molecule has 22 heteroatoms. The first kappa shape index (κ1) is 62.0. The van der Waals surface area contributed by atoms with Crippen LogP contribution < -0.4 is 0 Å². The number of hydrogen-bond donors (Lipinski definition) is 5. The van der Waals surface area contributed by atoms with Crippen LogP contribution in [0, 0.1) is 11.8 Å². The van der Waals surface area contributed by atoms with Crippen molar-refractivity contribution < 1.29 is 76.3 Å². The second-order valence-electron chi connectivity index (χ2n) is 22.0. The number of benzene rings is 1. The molecule has 20 nitrogen and oxygen atoms in total. The van der Waals surface area contributed by atoms with Crippen LogP contribution in [0.2, 0.25) is 0 Å². The molecule has 0 amide bonds. The lowest BCUT2D eigenvalue weighted by molar-refractivity contribution is -0.308. The molecule has 3 aliphatic rings. The van der Waals surface area contributed by atoms with Gasteiger partial charge in [-0.3, -0.25) is 4.79 Å². The molecule has 3 aliphatic heterocycles. The third-order valence-electron chi connectivity index (χ3n) is 16.1. The van der Waals surface area contributed by atoms with Crippen LogP contribution >= 0.6 is 0 Å². The summed E-state index contributed by atoms with van der Waals surface area (Å²) in [5.41, 5.74) is -3.47. The highest BCUT2D eigenvalue weighted by Gasteiger charge is 2.51. The van der Waals surface area contributed by atoms with Gasteiger partial charge in [-0.05, 0) is 105 Å². The molecule has 5 rings (SSSR count). The first-order chi connectivity index (χ1) is 34.6. The fourth-order valence-electron chi connectivity index (χ4n) is 11.0. The molecule has 0 saturated carbocycles. The first-order valence-electron chi connectivity index (χ1n) is 26.2. The van der Waals surface area contributed by atoms with E-state index in [2.05, 4.69) is 10.3 Å². The summed E-state index contributed by atoms with van der Waals surface area (Å²) in [5.74, 6) is -2.09. The summed E-state index contributed by atoms with van der Waals surface area (Å²) in [7, 11) is 3.16. The maximum atomic E-state index is 14.8. The summed E-state index contributed by atoms with van der Waals surface area (Å²) in [4.78, 5) is 18.4. The third-order valence-corrected chi connectivity index (χ3v) is 17.8. The number of ether oxygens (including phenoxy) is 7. The van der Waals surface area contributed by atoms with Gasteiger partial charge in [0.25, 0.3) is 0 Å². The van der Waals surface area contributed by atoms with Crippen LogP contribution in [0.4, 0.5) is 4.39 Å². The second kappa shape index (κ2) is 25.8. The van der Waals surface area contributed by atoms with Crippen molar-refractivity contribution in [2.75, 3.05) is 53.8 Å². The normalized spacial score (nSPS) is 38.5. The number of rotatable bonds is 17. The van der Waals surface area contributed by atoms with E-state index in [-0.39, 0.29) is 42.2 Å². The van der Waals surface area contributed by atoms with Gasteiger partial charge in [-0.2, -0.15) is 0 Å². The molecule has 3 saturated heterocycles. The second-order valence-corrected chi connectivity index (χ2v) is 24.3. The fraction of sp³-hybridized carbons (Fsp3) is 0.827. The van der Waals surface area contributed by atoms with Crippen molar-refractivity contribution in [1.29, 1.82) is 0 Å². The lowest BCUT2D eigenvalue weighted by Crippen LogP contribution is -2.59. The number of alkyl halides is 1. The SMILES string of the molecule is CC[C@H]1OC(=O)[C@H](C)[C@@H](O[C@H]2C[C@@](C)(OC)[C@@H](O)[C@H](C)O2)C[C@@H](O[C@@H]2O[C@H](C)C[C@H](N(C)CCc3cn([C@H](CF)[C@H](OC)c4ccc(S(=O)(=O)CC)cc4)nn3)[C@H]2O)[C@](C)(O)C[C@@H](C)CN(C)[C@H](C)[C@@H](O)[C@]1(C)O. The van der Waals surface area contributed by atoms with Crippen LogP contribution in [-0.2, 0) is 54.2 Å². The van der Waals surface area contributed by atoms with Crippen molar-refractivity contribution in [2.45, 2.75) is 215 Å². The zero-order valence-corrected chi connectivity index (χ0v) is 46.9.